The molecule has 1 aliphatic heterocycles. The highest BCUT2D eigenvalue weighted by atomic mass is 16.2. The van der Waals surface area contributed by atoms with Crippen LogP contribution in [0.5, 0.6) is 0 Å². The highest BCUT2D eigenvalue weighted by Crippen LogP contribution is 2.25. The van der Waals surface area contributed by atoms with Crippen LogP contribution in [0.1, 0.15) is 30.1 Å². The number of piperidine rings is 1. The maximum atomic E-state index is 12.7. The number of carbonyl (C=O) groups is 1. The van der Waals surface area contributed by atoms with Gasteiger partial charge in [-0.3, -0.25) is 9.36 Å². The van der Waals surface area contributed by atoms with Crippen LogP contribution in [0.2, 0.25) is 0 Å². The molecule has 0 bridgehead atoms. The Morgan fingerprint density at radius 3 is 2.62 bits per heavy atom. The summed E-state index contributed by atoms with van der Waals surface area (Å²) in [5, 5.41) is 8.26. The number of aromatic amines is 1. The monoisotopic (exact) mass is 428 g/mol. The van der Waals surface area contributed by atoms with E-state index in [9.17, 15) is 9.59 Å². The highest BCUT2D eigenvalue weighted by Gasteiger charge is 2.25. The Kier molecular flexibility index (Phi) is 5.41. The molecule has 0 saturated carbocycles. The number of hydrogen-bond donors (Lipinski definition) is 1. The van der Waals surface area contributed by atoms with Crippen LogP contribution in [0.3, 0.4) is 0 Å². The standard InChI is InChI=1S/C24H24N6O2/c31-23(11-10-19-17-29(27-26-19)16-18-6-2-1-3-7-18)28-14-12-20(13-15-28)30-22-9-5-4-8-21(22)25-24(30)32/h1-11,17,20H,12-16H2,(H,25,32)/b11-10-. The summed E-state index contributed by atoms with van der Waals surface area (Å²) in [7, 11) is 0. The van der Waals surface area contributed by atoms with E-state index in [1.54, 1.807) is 16.8 Å². The molecular formula is C24H24N6O2. The van der Waals surface area contributed by atoms with Gasteiger partial charge in [-0.2, -0.15) is 0 Å². The van der Waals surface area contributed by atoms with Crippen LogP contribution in [-0.2, 0) is 11.3 Å². The molecule has 1 N–H and O–H groups in total. The van der Waals surface area contributed by atoms with Gasteiger partial charge in [-0.25, -0.2) is 9.48 Å². The molecule has 0 unspecified atom stereocenters. The molecule has 0 spiro atoms. The molecule has 32 heavy (non-hydrogen) atoms. The van der Waals surface area contributed by atoms with Gasteiger partial charge in [0.2, 0.25) is 5.91 Å². The van der Waals surface area contributed by atoms with Crippen LogP contribution in [0.25, 0.3) is 17.1 Å². The number of hydrogen-bond acceptors (Lipinski definition) is 4. The smallest absolute Gasteiger partial charge is 0.326 e. The molecule has 5 rings (SSSR count). The quantitative estimate of drug-likeness (QED) is 0.495. The first kappa shape index (κ1) is 20.0. The number of H-pyrrole nitrogens is 1. The third-order valence-electron chi connectivity index (χ3n) is 5.91. The Morgan fingerprint density at radius 2 is 1.81 bits per heavy atom. The van der Waals surface area contributed by atoms with E-state index < -0.39 is 0 Å². The van der Waals surface area contributed by atoms with E-state index in [1.807, 2.05) is 70.3 Å². The van der Waals surface area contributed by atoms with Gasteiger partial charge in [0.05, 0.1) is 23.8 Å². The fraction of sp³-hybridized carbons (Fsp3) is 0.250. The summed E-state index contributed by atoms with van der Waals surface area (Å²) in [5.74, 6) is -0.0488. The van der Waals surface area contributed by atoms with Crippen LogP contribution in [-0.4, -0.2) is 48.4 Å². The molecule has 8 nitrogen and oxygen atoms in total. The van der Waals surface area contributed by atoms with Crippen molar-refractivity contribution < 1.29 is 4.79 Å². The molecule has 3 heterocycles. The normalized spacial score (nSPS) is 15.1. The molecule has 4 aromatic rings. The van der Waals surface area contributed by atoms with Gasteiger partial charge in [-0.05, 0) is 36.6 Å². The van der Waals surface area contributed by atoms with E-state index in [4.69, 9.17) is 0 Å². The number of amides is 1. The molecule has 1 saturated heterocycles. The SMILES string of the molecule is O=C(/C=C\c1cn(Cc2ccccc2)nn1)N1CCC(n2c(=O)[nH]c3ccccc32)CC1. The second kappa shape index (κ2) is 8.66. The van der Waals surface area contributed by atoms with Gasteiger partial charge in [-0.1, -0.05) is 47.7 Å². The summed E-state index contributed by atoms with van der Waals surface area (Å²) < 4.78 is 3.59. The van der Waals surface area contributed by atoms with Crippen molar-refractivity contribution in [1.82, 2.24) is 29.4 Å². The fourth-order valence-electron chi connectivity index (χ4n) is 4.28. The van der Waals surface area contributed by atoms with E-state index in [-0.39, 0.29) is 17.6 Å². The Hall–Kier alpha value is -3.94. The molecule has 0 radical (unpaired) electrons. The van der Waals surface area contributed by atoms with Gasteiger partial charge in [0.1, 0.15) is 5.69 Å². The van der Waals surface area contributed by atoms with E-state index in [0.717, 1.165) is 29.4 Å². The molecule has 0 atom stereocenters. The average Bonchev–Trinajstić information content (AvgIpc) is 3.41. The van der Waals surface area contributed by atoms with Crippen molar-refractivity contribution in [2.75, 3.05) is 13.1 Å². The van der Waals surface area contributed by atoms with Gasteiger partial charge in [0.25, 0.3) is 0 Å². The largest absolute Gasteiger partial charge is 0.339 e. The molecule has 162 valence electrons. The van der Waals surface area contributed by atoms with E-state index in [1.165, 1.54) is 0 Å². The van der Waals surface area contributed by atoms with Gasteiger partial charge < -0.3 is 9.88 Å². The summed E-state index contributed by atoms with van der Waals surface area (Å²) in [5.41, 5.74) is 3.46. The topological polar surface area (TPSA) is 88.8 Å². The molecule has 2 aromatic carbocycles. The maximum absolute atomic E-state index is 12.7. The lowest BCUT2D eigenvalue weighted by Gasteiger charge is -2.31. The summed E-state index contributed by atoms with van der Waals surface area (Å²) in [6.45, 7) is 1.86. The summed E-state index contributed by atoms with van der Waals surface area (Å²) in [4.78, 5) is 29.8. The van der Waals surface area contributed by atoms with Gasteiger partial charge >= 0.3 is 5.69 Å². The number of nitrogens with zero attached hydrogens (tertiary/aromatic N) is 5. The Balaban J connectivity index is 1.19. The van der Waals surface area contributed by atoms with Crippen molar-refractivity contribution in [3.63, 3.8) is 0 Å². The van der Waals surface area contributed by atoms with Crippen LogP contribution in [0.15, 0.2) is 71.7 Å². The Bertz CT molecular complexity index is 1310. The zero-order chi connectivity index (χ0) is 21.9. The number of fused-ring (bicyclic) bond motifs is 1. The molecule has 1 amide bonds. The lowest BCUT2D eigenvalue weighted by atomic mass is 10.0. The Labute approximate surface area is 184 Å². The third kappa shape index (κ3) is 4.12. The first-order valence-electron chi connectivity index (χ1n) is 10.8. The number of carbonyl (C=O) groups excluding carboxylic acids is 1. The lowest BCUT2D eigenvalue weighted by molar-refractivity contribution is -0.127. The van der Waals surface area contributed by atoms with E-state index in [2.05, 4.69) is 15.3 Å². The van der Waals surface area contributed by atoms with Crippen LogP contribution in [0.4, 0.5) is 0 Å². The van der Waals surface area contributed by atoms with E-state index >= 15 is 0 Å². The minimum atomic E-state index is -0.0885. The lowest BCUT2D eigenvalue weighted by Crippen LogP contribution is -2.39. The Morgan fingerprint density at radius 1 is 1.06 bits per heavy atom. The van der Waals surface area contributed by atoms with Gasteiger partial charge in [0, 0.05) is 25.2 Å². The number of rotatable bonds is 5. The third-order valence-corrected chi connectivity index (χ3v) is 5.91. The van der Waals surface area contributed by atoms with Gasteiger partial charge in [0.15, 0.2) is 0 Å². The van der Waals surface area contributed by atoms with Crippen molar-refractivity contribution in [2.24, 2.45) is 0 Å². The van der Waals surface area contributed by atoms with Gasteiger partial charge in [-0.15, -0.1) is 5.10 Å². The molecule has 1 aliphatic rings. The number of para-hydroxylation sites is 2. The second-order valence-electron chi connectivity index (χ2n) is 8.03. The number of benzene rings is 2. The van der Waals surface area contributed by atoms with Crippen molar-refractivity contribution in [3.05, 3.63) is 88.6 Å². The molecule has 0 aliphatic carbocycles. The molecule has 1 fully saturated rings. The minimum Gasteiger partial charge on any atom is -0.339 e. The summed E-state index contributed by atoms with van der Waals surface area (Å²) in [6, 6.07) is 17.8. The zero-order valence-electron chi connectivity index (χ0n) is 17.6. The summed E-state index contributed by atoms with van der Waals surface area (Å²) in [6.07, 6.45) is 6.57. The number of nitrogens with one attached hydrogen (secondary N) is 1. The number of aromatic nitrogens is 5. The number of likely N-dealkylation sites (tertiary alicyclic amines) is 1. The van der Waals surface area contributed by atoms with Crippen LogP contribution >= 0.6 is 0 Å². The van der Waals surface area contributed by atoms with Crippen molar-refractivity contribution in [3.8, 4) is 0 Å². The molecular weight excluding hydrogens is 404 g/mol. The average molecular weight is 428 g/mol. The molecule has 2 aromatic heterocycles. The summed E-state index contributed by atoms with van der Waals surface area (Å²) >= 11 is 0. The van der Waals surface area contributed by atoms with Crippen molar-refractivity contribution in [2.45, 2.75) is 25.4 Å². The zero-order valence-corrected chi connectivity index (χ0v) is 17.6. The van der Waals surface area contributed by atoms with Crippen molar-refractivity contribution in [1.29, 1.82) is 0 Å². The maximum Gasteiger partial charge on any atom is 0.326 e. The first-order chi connectivity index (χ1) is 15.7. The fourth-order valence-corrected chi connectivity index (χ4v) is 4.28. The number of imidazole rings is 1. The van der Waals surface area contributed by atoms with Crippen LogP contribution in [0, 0.1) is 0 Å². The highest BCUT2D eigenvalue weighted by molar-refractivity contribution is 5.91. The predicted molar refractivity (Wildman–Crippen MR) is 122 cm³/mol. The minimum absolute atomic E-state index is 0.0488. The predicted octanol–water partition coefficient (Wildman–Crippen LogP) is 2.85. The second-order valence-corrected chi connectivity index (χ2v) is 8.03. The molecule has 8 heteroatoms. The van der Waals surface area contributed by atoms with E-state index in [0.29, 0.717) is 25.3 Å². The van der Waals surface area contributed by atoms with Crippen LogP contribution < -0.4 is 5.69 Å². The first-order valence-corrected chi connectivity index (χ1v) is 10.8. The van der Waals surface area contributed by atoms with Crippen molar-refractivity contribution >= 4 is 23.0 Å².